The van der Waals surface area contributed by atoms with Gasteiger partial charge in [0.15, 0.2) is 0 Å². The Morgan fingerprint density at radius 3 is 2.28 bits per heavy atom. The van der Waals surface area contributed by atoms with Gasteiger partial charge in [0.2, 0.25) is 0 Å². The topological polar surface area (TPSA) is 112 Å². The molecular formula is C16H16ClN3O4S. The Labute approximate surface area is 151 Å². The van der Waals surface area contributed by atoms with Gasteiger partial charge in [-0.1, -0.05) is 29.5 Å². The highest BCUT2D eigenvalue weighted by Gasteiger charge is 2.07. The molecule has 0 saturated carbocycles. The molecule has 0 fully saturated rings. The quantitative estimate of drug-likeness (QED) is 0.503. The summed E-state index contributed by atoms with van der Waals surface area (Å²) in [5.74, 6) is 0. The lowest BCUT2D eigenvalue weighted by atomic mass is 10.1. The van der Waals surface area contributed by atoms with E-state index in [-0.39, 0.29) is 0 Å². The van der Waals surface area contributed by atoms with Crippen molar-refractivity contribution in [3.8, 4) is 0 Å². The van der Waals surface area contributed by atoms with Crippen molar-refractivity contribution in [1.29, 1.82) is 0 Å². The molecule has 2 aromatic heterocycles. The number of fused-ring (bicyclic) bond motifs is 1. The third-order valence-electron chi connectivity index (χ3n) is 3.15. The zero-order chi connectivity index (χ0) is 18.4. The third-order valence-corrected chi connectivity index (χ3v) is 3.92. The van der Waals surface area contributed by atoms with Crippen LogP contribution in [0.1, 0.15) is 11.3 Å². The molecule has 0 aliphatic carbocycles. The Kier molecular flexibility index (Phi) is 6.43. The van der Waals surface area contributed by atoms with Gasteiger partial charge in [0.25, 0.3) is 0 Å². The van der Waals surface area contributed by atoms with Gasteiger partial charge in [-0.3, -0.25) is 0 Å². The normalized spacial score (nSPS) is 11.4. The first kappa shape index (κ1) is 19.3. The van der Waals surface area contributed by atoms with Crippen molar-refractivity contribution in [2.45, 2.75) is 0 Å². The molecular weight excluding hydrogens is 366 g/mol. The maximum Gasteiger partial charge on any atom is 0.387 e. The first-order chi connectivity index (χ1) is 11.7. The van der Waals surface area contributed by atoms with E-state index >= 15 is 0 Å². The standard InChI is InChI=1S/C16H16N3S.ClHO4/c1-18(2)14-6-3-13(4-7-14)5-8-15-9-10-17-16-19(15)11-12-20-16;2-1(3,4)5/h3-12H,1-2H3;(H,2,3,4,5)/q+1;/p-1. The number of benzene rings is 1. The second-order valence-corrected chi connectivity index (χ2v) is 6.75. The molecule has 7 nitrogen and oxygen atoms in total. The minimum absolute atomic E-state index is 1.01. The van der Waals surface area contributed by atoms with Crippen molar-refractivity contribution in [2.75, 3.05) is 19.0 Å². The van der Waals surface area contributed by atoms with E-state index in [2.05, 4.69) is 50.7 Å². The Hall–Kier alpha value is -2.07. The number of halogens is 1. The zero-order valence-electron chi connectivity index (χ0n) is 13.5. The molecule has 2 heterocycles. The lowest BCUT2D eigenvalue weighted by Crippen LogP contribution is -2.68. The minimum Gasteiger partial charge on any atom is -0.378 e. The van der Waals surface area contributed by atoms with E-state index in [1.54, 1.807) is 11.3 Å². The molecule has 0 aliphatic heterocycles. The van der Waals surface area contributed by atoms with E-state index in [0.29, 0.717) is 0 Å². The molecule has 0 amide bonds. The Morgan fingerprint density at radius 1 is 1.04 bits per heavy atom. The molecule has 3 rings (SSSR count). The zero-order valence-corrected chi connectivity index (χ0v) is 15.1. The van der Waals surface area contributed by atoms with Gasteiger partial charge >= 0.3 is 4.96 Å². The van der Waals surface area contributed by atoms with Crippen LogP contribution in [0.2, 0.25) is 0 Å². The molecule has 0 aliphatic rings. The average molecular weight is 382 g/mol. The van der Waals surface area contributed by atoms with E-state index in [1.165, 1.54) is 11.3 Å². The van der Waals surface area contributed by atoms with Crippen molar-refractivity contribution < 1.29 is 33.3 Å². The van der Waals surface area contributed by atoms with Gasteiger partial charge in [0.05, 0.1) is 0 Å². The summed E-state index contributed by atoms with van der Waals surface area (Å²) in [6.45, 7) is 0. The molecule has 0 spiro atoms. The van der Waals surface area contributed by atoms with Gasteiger partial charge in [-0.05, 0) is 28.8 Å². The highest BCUT2D eigenvalue weighted by molar-refractivity contribution is 7.14. The number of aromatic nitrogens is 2. The lowest BCUT2D eigenvalue weighted by Gasteiger charge is -2.17. The fourth-order valence-corrected chi connectivity index (χ4v) is 2.73. The predicted molar refractivity (Wildman–Crippen MR) is 85.0 cm³/mol. The molecule has 25 heavy (non-hydrogen) atoms. The maximum absolute atomic E-state index is 8.49. The molecule has 3 aromatic rings. The first-order valence-electron chi connectivity index (χ1n) is 7.05. The molecule has 1 aromatic carbocycles. The second-order valence-electron chi connectivity index (χ2n) is 5.12. The summed E-state index contributed by atoms with van der Waals surface area (Å²) in [6, 6.07) is 10.5. The van der Waals surface area contributed by atoms with Gasteiger partial charge < -0.3 is 4.90 Å². The van der Waals surface area contributed by atoms with E-state index in [0.717, 1.165) is 10.7 Å². The summed E-state index contributed by atoms with van der Waals surface area (Å²) < 4.78 is 36.1. The first-order valence-corrected chi connectivity index (χ1v) is 9.16. The van der Waals surface area contributed by atoms with Crippen molar-refractivity contribution in [1.82, 2.24) is 4.98 Å². The van der Waals surface area contributed by atoms with Crippen molar-refractivity contribution in [3.63, 3.8) is 0 Å². The monoisotopic (exact) mass is 381 g/mol. The summed E-state index contributed by atoms with van der Waals surface area (Å²) >= 11 is 1.64. The van der Waals surface area contributed by atoms with E-state index in [1.807, 2.05) is 37.9 Å². The summed E-state index contributed by atoms with van der Waals surface area (Å²) in [6.07, 6.45) is 8.13. The Balaban J connectivity index is 0.000000399. The molecule has 0 saturated heterocycles. The van der Waals surface area contributed by atoms with Crippen LogP contribution in [0.4, 0.5) is 5.69 Å². The molecule has 9 heteroatoms. The number of anilines is 1. The molecule has 0 bridgehead atoms. The number of thiazole rings is 1. The molecule has 0 radical (unpaired) electrons. The van der Waals surface area contributed by atoms with Crippen LogP contribution in [0.15, 0.2) is 48.1 Å². The smallest absolute Gasteiger partial charge is 0.378 e. The third kappa shape index (κ3) is 6.39. The van der Waals surface area contributed by atoms with Gasteiger partial charge in [-0.25, -0.2) is 18.6 Å². The Bertz CT molecular complexity index is 838. The van der Waals surface area contributed by atoms with Crippen LogP contribution in [0, 0.1) is 10.2 Å². The highest BCUT2D eigenvalue weighted by Crippen LogP contribution is 2.14. The fraction of sp³-hybridized carbons (Fsp3) is 0.125. The molecule has 0 atom stereocenters. The minimum atomic E-state index is -4.94. The second kappa shape index (κ2) is 8.34. The predicted octanol–water partition coefficient (Wildman–Crippen LogP) is -1.64. The van der Waals surface area contributed by atoms with Crippen molar-refractivity contribution in [3.05, 3.63) is 59.4 Å². The van der Waals surface area contributed by atoms with Gasteiger partial charge in [-0.15, -0.1) is 10.2 Å². The maximum atomic E-state index is 8.49. The van der Waals surface area contributed by atoms with E-state index in [9.17, 15) is 0 Å². The van der Waals surface area contributed by atoms with E-state index < -0.39 is 10.2 Å². The SMILES string of the molecule is CN(C)c1ccc(/C=C/c2ccnc3scc[n+]23)cc1.[O-][Cl+3]([O-])([O-])[O-]. The van der Waals surface area contributed by atoms with Crippen LogP contribution in [-0.4, -0.2) is 19.1 Å². The van der Waals surface area contributed by atoms with Crippen molar-refractivity contribution in [2.24, 2.45) is 0 Å². The molecule has 0 N–H and O–H groups in total. The number of rotatable bonds is 3. The van der Waals surface area contributed by atoms with Crippen molar-refractivity contribution >= 4 is 34.1 Å². The highest BCUT2D eigenvalue weighted by atomic mass is 35.7. The van der Waals surface area contributed by atoms with Crippen LogP contribution >= 0.6 is 11.3 Å². The van der Waals surface area contributed by atoms with E-state index in [4.69, 9.17) is 18.6 Å². The summed E-state index contributed by atoms with van der Waals surface area (Å²) in [4.78, 5) is 7.44. The summed E-state index contributed by atoms with van der Waals surface area (Å²) in [5, 5.41) is 2.05. The van der Waals surface area contributed by atoms with Crippen LogP contribution < -0.4 is 27.9 Å². The van der Waals surface area contributed by atoms with Crippen LogP contribution in [-0.2, 0) is 0 Å². The number of hydrogen-bond acceptors (Lipinski definition) is 7. The van der Waals surface area contributed by atoms with Crippen LogP contribution in [0.25, 0.3) is 17.1 Å². The average Bonchev–Trinajstić information content (AvgIpc) is 3.01. The largest absolute Gasteiger partial charge is 0.387 e. The van der Waals surface area contributed by atoms with Gasteiger partial charge in [-0.2, -0.15) is 4.40 Å². The fourth-order valence-electron chi connectivity index (χ4n) is 2.02. The molecule has 132 valence electrons. The van der Waals surface area contributed by atoms with Crippen LogP contribution in [0.5, 0.6) is 0 Å². The summed E-state index contributed by atoms with van der Waals surface area (Å²) in [5.41, 5.74) is 3.53. The number of hydrogen-bond donors (Lipinski definition) is 0. The summed E-state index contributed by atoms with van der Waals surface area (Å²) in [7, 11) is -0.850. The number of nitrogens with zero attached hydrogens (tertiary/aromatic N) is 3. The van der Waals surface area contributed by atoms with Gasteiger partial charge in [0.1, 0.15) is 18.1 Å². The van der Waals surface area contributed by atoms with Gasteiger partial charge in [0, 0.05) is 31.2 Å². The lowest BCUT2D eigenvalue weighted by molar-refractivity contribution is -2.00. The van der Waals surface area contributed by atoms with Crippen LogP contribution in [0.3, 0.4) is 0 Å². The molecule has 0 unspecified atom stereocenters. The Morgan fingerprint density at radius 2 is 1.68 bits per heavy atom.